The van der Waals surface area contributed by atoms with Crippen LogP contribution in [0.2, 0.25) is 0 Å². The first kappa shape index (κ1) is 14.2. The molecule has 0 heterocycles. The third-order valence-corrected chi connectivity index (χ3v) is 4.22. The second-order valence-corrected chi connectivity index (χ2v) is 6.54. The fourth-order valence-corrected chi connectivity index (χ4v) is 2.48. The van der Waals surface area contributed by atoms with Gasteiger partial charge in [0.05, 0.1) is 11.9 Å². The zero-order chi connectivity index (χ0) is 14.9. The summed E-state index contributed by atoms with van der Waals surface area (Å²) in [5, 5.41) is 10.1. The Balaban J connectivity index is 2.56. The number of benzene rings is 2. The van der Waals surface area contributed by atoms with Gasteiger partial charge in [-0.1, -0.05) is 30.3 Å². The Bertz CT molecular complexity index is 704. The lowest BCUT2D eigenvalue weighted by atomic mass is 10.0. The fraction of sp³-hybridized carbons (Fsp3) is 0.143. The average Bonchev–Trinajstić information content (AvgIpc) is 2.37. The van der Waals surface area contributed by atoms with E-state index in [1.165, 1.54) is 13.1 Å². The number of nitrogens with two attached hydrogens (primary N) is 1. The molecule has 0 radical (unpaired) electrons. The molecule has 6 heteroatoms. The Hall–Kier alpha value is -2.21. The smallest absolute Gasteiger partial charge is 0.232 e. The Morgan fingerprint density at radius 1 is 1.10 bits per heavy atom. The number of hydrogen-bond acceptors (Lipinski definition) is 4. The molecular formula is C14H16N2O3S. The molecule has 2 aromatic rings. The number of phenolic OH excluding ortho intramolecular Hbond substituents is 1. The molecule has 2 rings (SSSR count). The highest BCUT2D eigenvalue weighted by molar-refractivity contribution is 7.92. The van der Waals surface area contributed by atoms with Crippen LogP contribution < -0.4 is 10.0 Å². The van der Waals surface area contributed by atoms with Gasteiger partial charge >= 0.3 is 0 Å². The van der Waals surface area contributed by atoms with Crippen LogP contribution in [0.3, 0.4) is 0 Å². The van der Waals surface area contributed by atoms with Crippen LogP contribution in [0.15, 0.2) is 42.5 Å². The molecule has 0 fully saturated rings. The lowest BCUT2D eigenvalue weighted by Crippen LogP contribution is -2.25. The van der Waals surface area contributed by atoms with Crippen LogP contribution in [-0.2, 0) is 10.0 Å². The first-order valence-electron chi connectivity index (χ1n) is 5.92. The predicted octanol–water partition coefficient (Wildman–Crippen LogP) is 2.04. The maximum atomic E-state index is 11.6. The minimum Gasteiger partial charge on any atom is -0.506 e. The van der Waals surface area contributed by atoms with E-state index < -0.39 is 10.0 Å². The second-order valence-electron chi connectivity index (χ2n) is 4.53. The summed E-state index contributed by atoms with van der Waals surface area (Å²) in [5.74, 6) is -0.170. The van der Waals surface area contributed by atoms with E-state index in [9.17, 15) is 13.5 Å². The maximum Gasteiger partial charge on any atom is 0.232 e. The molecule has 106 valence electrons. The van der Waals surface area contributed by atoms with Crippen molar-refractivity contribution in [2.24, 2.45) is 0 Å². The van der Waals surface area contributed by atoms with Crippen molar-refractivity contribution >= 4 is 21.4 Å². The molecule has 3 N–H and O–H groups in total. The van der Waals surface area contributed by atoms with Crippen molar-refractivity contribution in [1.29, 1.82) is 0 Å². The number of sulfonamides is 1. The molecular weight excluding hydrogens is 276 g/mol. The van der Waals surface area contributed by atoms with E-state index in [1.54, 1.807) is 6.07 Å². The molecule has 0 saturated carbocycles. The summed E-state index contributed by atoms with van der Waals surface area (Å²) in [5.41, 5.74) is 7.81. The molecule has 2 aromatic carbocycles. The number of aromatic hydroxyl groups is 1. The van der Waals surface area contributed by atoms with Crippen molar-refractivity contribution in [2.75, 3.05) is 23.3 Å². The van der Waals surface area contributed by atoms with Crippen LogP contribution in [0.5, 0.6) is 5.75 Å². The molecule has 0 aliphatic rings. The number of rotatable bonds is 3. The minimum absolute atomic E-state index is 0.0900. The number of nitrogen functional groups attached to an aromatic ring is 1. The third-order valence-electron chi connectivity index (χ3n) is 3.04. The molecule has 20 heavy (non-hydrogen) atoms. The number of nitrogens with zero attached hydrogens (tertiary/aromatic N) is 1. The molecule has 0 saturated heterocycles. The topological polar surface area (TPSA) is 83.6 Å². The third kappa shape index (κ3) is 2.70. The van der Waals surface area contributed by atoms with Crippen LogP contribution in [-0.4, -0.2) is 26.8 Å². The zero-order valence-electron chi connectivity index (χ0n) is 11.2. The van der Waals surface area contributed by atoms with Gasteiger partial charge in [0.2, 0.25) is 10.0 Å². The van der Waals surface area contributed by atoms with E-state index in [1.807, 2.05) is 30.3 Å². The van der Waals surface area contributed by atoms with Crippen LogP contribution in [0, 0.1) is 0 Å². The Labute approximate surface area is 118 Å². The molecule has 0 spiro atoms. The highest BCUT2D eigenvalue weighted by Crippen LogP contribution is 2.38. The quantitative estimate of drug-likeness (QED) is 0.848. The summed E-state index contributed by atoms with van der Waals surface area (Å²) in [4.78, 5) is 0. The van der Waals surface area contributed by atoms with Gasteiger partial charge in [-0.05, 0) is 23.3 Å². The number of phenols is 1. The molecule has 0 amide bonds. The highest BCUT2D eigenvalue weighted by atomic mass is 32.2. The molecule has 0 bridgehead atoms. The van der Waals surface area contributed by atoms with Crippen molar-refractivity contribution in [3.63, 3.8) is 0 Å². The van der Waals surface area contributed by atoms with Gasteiger partial charge in [-0.25, -0.2) is 8.42 Å². The Morgan fingerprint density at radius 3 is 2.20 bits per heavy atom. The van der Waals surface area contributed by atoms with E-state index >= 15 is 0 Å². The van der Waals surface area contributed by atoms with Gasteiger partial charge in [-0.3, -0.25) is 4.31 Å². The van der Waals surface area contributed by atoms with E-state index in [0.717, 1.165) is 21.7 Å². The van der Waals surface area contributed by atoms with Gasteiger partial charge in [0.1, 0.15) is 11.4 Å². The zero-order valence-corrected chi connectivity index (χ0v) is 12.1. The molecule has 0 aromatic heterocycles. The molecule has 0 aliphatic heterocycles. The summed E-state index contributed by atoms with van der Waals surface area (Å²) in [6, 6.07) is 12.5. The summed E-state index contributed by atoms with van der Waals surface area (Å²) < 4.78 is 24.1. The first-order valence-corrected chi connectivity index (χ1v) is 7.77. The standard InChI is InChI=1S/C14H16N2O3S/c1-16(20(2,18)19)14-12(15)8-11(9-13(14)17)10-6-4-3-5-7-10/h3-9,17H,15H2,1-2H3. The van der Waals surface area contributed by atoms with Gasteiger partial charge in [-0.2, -0.15) is 0 Å². The van der Waals surface area contributed by atoms with Crippen LogP contribution in [0.25, 0.3) is 11.1 Å². The Kier molecular flexibility index (Phi) is 3.59. The number of anilines is 2. The summed E-state index contributed by atoms with van der Waals surface area (Å²) in [6.07, 6.45) is 1.05. The molecule has 0 atom stereocenters. The lowest BCUT2D eigenvalue weighted by molar-refractivity contribution is 0.476. The van der Waals surface area contributed by atoms with Gasteiger partial charge in [0.15, 0.2) is 0 Å². The van der Waals surface area contributed by atoms with Crippen molar-refractivity contribution in [3.8, 4) is 16.9 Å². The SMILES string of the molecule is CN(c1c(N)cc(-c2ccccc2)cc1O)S(C)(=O)=O. The molecule has 0 aliphatic carbocycles. The van der Waals surface area contributed by atoms with Gasteiger partial charge < -0.3 is 10.8 Å². The van der Waals surface area contributed by atoms with E-state index in [2.05, 4.69) is 0 Å². The highest BCUT2D eigenvalue weighted by Gasteiger charge is 2.19. The maximum absolute atomic E-state index is 11.6. The summed E-state index contributed by atoms with van der Waals surface area (Å²) in [7, 11) is -2.13. The minimum atomic E-state index is -3.49. The van der Waals surface area contributed by atoms with Gasteiger partial charge in [0, 0.05) is 7.05 Å². The molecule has 0 unspecified atom stereocenters. The van der Waals surface area contributed by atoms with Crippen molar-refractivity contribution in [2.45, 2.75) is 0 Å². The van der Waals surface area contributed by atoms with Crippen LogP contribution in [0.4, 0.5) is 11.4 Å². The Morgan fingerprint density at radius 2 is 1.70 bits per heavy atom. The van der Waals surface area contributed by atoms with Gasteiger partial charge in [-0.15, -0.1) is 0 Å². The van der Waals surface area contributed by atoms with E-state index in [-0.39, 0.29) is 17.1 Å². The van der Waals surface area contributed by atoms with Crippen LogP contribution in [0.1, 0.15) is 0 Å². The predicted molar refractivity (Wildman–Crippen MR) is 81.2 cm³/mol. The fourth-order valence-electron chi connectivity index (χ4n) is 1.95. The summed E-state index contributed by atoms with van der Waals surface area (Å²) >= 11 is 0. The molecule has 5 nitrogen and oxygen atoms in total. The monoisotopic (exact) mass is 292 g/mol. The second kappa shape index (κ2) is 5.05. The van der Waals surface area contributed by atoms with E-state index in [0.29, 0.717) is 0 Å². The normalized spacial score (nSPS) is 11.3. The van der Waals surface area contributed by atoms with Crippen LogP contribution >= 0.6 is 0 Å². The number of hydrogen-bond donors (Lipinski definition) is 2. The van der Waals surface area contributed by atoms with Crippen molar-refractivity contribution in [1.82, 2.24) is 0 Å². The largest absolute Gasteiger partial charge is 0.506 e. The van der Waals surface area contributed by atoms with E-state index in [4.69, 9.17) is 5.73 Å². The average molecular weight is 292 g/mol. The summed E-state index contributed by atoms with van der Waals surface area (Å²) in [6.45, 7) is 0. The lowest BCUT2D eigenvalue weighted by Gasteiger charge is -2.20. The first-order chi connectivity index (χ1) is 9.30. The van der Waals surface area contributed by atoms with Crippen molar-refractivity contribution in [3.05, 3.63) is 42.5 Å². The van der Waals surface area contributed by atoms with Gasteiger partial charge in [0.25, 0.3) is 0 Å². The van der Waals surface area contributed by atoms with Crippen molar-refractivity contribution < 1.29 is 13.5 Å².